The second-order valence-electron chi connectivity index (χ2n) is 3.96. The van der Waals surface area contributed by atoms with E-state index in [1.165, 1.54) is 6.07 Å². The Morgan fingerprint density at radius 2 is 2.20 bits per heavy atom. The minimum atomic E-state index is -0.178. The van der Waals surface area contributed by atoms with Gasteiger partial charge in [-0.05, 0) is 42.6 Å². The summed E-state index contributed by atoms with van der Waals surface area (Å²) in [5, 5.41) is 3.27. The zero-order valence-electron chi connectivity index (χ0n) is 9.19. The Hall–Kier alpha value is -0.600. The van der Waals surface area contributed by atoms with Crippen molar-refractivity contribution in [3.8, 4) is 0 Å². The Labute approximate surface area is 95.6 Å². The zero-order valence-corrected chi connectivity index (χ0v) is 9.94. The van der Waals surface area contributed by atoms with Crippen LogP contribution in [0.4, 0.5) is 4.39 Å². The first-order valence-corrected chi connectivity index (χ1v) is 5.68. The molecule has 1 rings (SSSR count). The molecule has 0 saturated heterocycles. The van der Waals surface area contributed by atoms with Crippen LogP contribution in [-0.2, 0) is 6.54 Å². The average Bonchev–Trinajstić information content (AvgIpc) is 2.23. The Balaban J connectivity index is 2.46. The summed E-state index contributed by atoms with van der Waals surface area (Å²) in [5.74, 6) is 0.915. The van der Waals surface area contributed by atoms with E-state index in [-0.39, 0.29) is 5.82 Å². The molecule has 0 aliphatic carbocycles. The van der Waals surface area contributed by atoms with E-state index in [4.69, 9.17) is 11.6 Å². The lowest BCUT2D eigenvalue weighted by Gasteiger charge is -2.10. The molecule has 0 aliphatic heterocycles. The minimum Gasteiger partial charge on any atom is -0.312 e. The van der Waals surface area contributed by atoms with Crippen LogP contribution in [0.15, 0.2) is 18.2 Å². The Bertz CT molecular complexity index is 314. The van der Waals surface area contributed by atoms with Gasteiger partial charge in [-0.2, -0.15) is 0 Å². The van der Waals surface area contributed by atoms with Gasteiger partial charge in [0.25, 0.3) is 0 Å². The van der Waals surface area contributed by atoms with E-state index in [9.17, 15) is 4.39 Å². The predicted octanol–water partition coefficient (Wildman–Crippen LogP) is 3.10. The van der Waals surface area contributed by atoms with E-state index < -0.39 is 0 Å². The standard InChI is InChI=1S/C12H17ClFN/c1-9(6-13)7-15-8-11-5-12(14)4-3-10(11)2/h3-5,9,15H,6-8H2,1-2H3. The third-order valence-electron chi connectivity index (χ3n) is 2.38. The molecule has 1 nitrogen and oxygen atoms in total. The lowest BCUT2D eigenvalue weighted by Crippen LogP contribution is -2.22. The van der Waals surface area contributed by atoms with Gasteiger partial charge in [0.05, 0.1) is 0 Å². The van der Waals surface area contributed by atoms with E-state index in [1.807, 2.05) is 6.92 Å². The topological polar surface area (TPSA) is 12.0 Å². The lowest BCUT2D eigenvalue weighted by molar-refractivity contribution is 0.553. The summed E-state index contributed by atoms with van der Waals surface area (Å²) in [5.41, 5.74) is 2.12. The second-order valence-corrected chi connectivity index (χ2v) is 4.27. The third kappa shape index (κ3) is 4.18. The molecular formula is C12H17ClFN. The predicted molar refractivity (Wildman–Crippen MR) is 62.7 cm³/mol. The fourth-order valence-corrected chi connectivity index (χ4v) is 1.45. The molecule has 0 aromatic heterocycles. The quantitative estimate of drug-likeness (QED) is 0.766. The number of halogens is 2. The van der Waals surface area contributed by atoms with Gasteiger partial charge in [0.2, 0.25) is 0 Å². The van der Waals surface area contributed by atoms with E-state index in [1.54, 1.807) is 12.1 Å². The number of benzene rings is 1. The fraction of sp³-hybridized carbons (Fsp3) is 0.500. The van der Waals surface area contributed by atoms with E-state index >= 15 is 0 Å². The summed E-state index contributed by atoms with van der Waals surface area (Å²) in [4.78, 5) is 0. The van der Waals surface area contributed by atoms with E-state index in [0.717, 1.165) is 17.7 Å². The van der Waals surface area contributed by atoms with Gasteiger partial charge >= 0.3 is 0 Å². The highest BCUT2D eigenvalue weighted by Crippen LogP contribution is 2.09. The maximum Gasteiger partial charge on any atom is 0.123 e. The molecule has 0 heterocycles. The molecule has 1 unspecified atom stereocenters. The summed E-state index contributed by atoms with van der Waals surface area (Å²) in [7, 11) is 0. The van der Waals surface area contributed by atoms with Crippen LogP contribution in [0.1, 0.15) is 18.1 Å². The molecular weight excluding hydrogens is 213 g/mol. The number of nitrogens with one attached hydrogen (secondary N) is 1. The first kappa shape index (κ1) is 12.5. The normalized spacial score (nSPS) is 12.8. The van der Waals surface area contributed by atoms with Crippen molar-refractivity contribution in [1.29, 1.82) is 0 Å². The number of hydrogen-bond acceptors (Lipinski definition) is 1. The first-order valence-electron chi connectivity index (χ1n) is 5.15. The van der Waals surface area contributed by atoms with Gasteiger partial charge in [0.1, 0.15) is 5.82 Å². The monoisotopic (exact) mass is 229 g/mol. The van der Waals surface area contributed by atoms with Gasteiger partial charge in [-0.25, -0.2) is 4.39 Å². The third-order valence-corrected chi connectivity index (χ3v) is 2.91. The van der Waals surface area contributed by atoms with Gasteiger partial charge in [0.15, 0.2) is 0 Å². The molecule has 0 radical (unpaired) electrons. The molecule has 0 bridgehead atoms. The molecule has 0 fully saturated rings. The summed E-state index contributed by atoms with van der Waals surface area (Å²) >= 11 is 5.69. The highest BCUT2D eigenvalue weighted by Gasteiger charge is 2.02. The van der Waals surface area contributed by atoms with Crippen LogP contribution >= 0.6 is 11.6 Å². The van der Waals surface area contributed by atoms with Gasteiger partial charge in [0, 0.05) is 12.4 Å². The van der Waals surface area contributed by atoms with Crippen LogP contribution in [0, 0.1) is 18.7 Å². The van der Waals surface area contributed by atoms with Crippen LogP contribution in [-0.4, -0.2) is 12.4 Å². The summed E-state index contributed by atoms with van der Waals surface area (Å²) in [6, 6.07) is 4.87. The molecule has 0 aliphatic rings. The maximum atomic E-state index is 13.0. The molecule has 84 valence electrons. The van der Waals surface area contributed by atoms with Crippen molar-refractivity contribution in [3.63, 3.8) is 0 Å². The molecule has 1 aromatic carbocycles. The van der Waals surface area contributed by atoms with Gasteiger partial charge in [-0.15, -0.1) is 11.6 Å². The molecule has 1 atom stereocenters. The Morgan fingerprint density at radius 3 is 2.87 bits per heavy atom. The van der Waals surface area contributed by atoms with Crippen LogP contribution < -0.4 is 5.32 Å². The minimum absolute atomic E-state index is 0.178. The van der Waals surface area contributed by atoms with E-state index in [0.29, 0.717) is 18.3 Å². The average molecular weight is 230 g/mol. The summed E-state index contributed by atoms with van der Waals surface area (Å²) in [6.45, 7) is 5.63. The van der Waals surface area contributed by atoms with Crippen molar-refractivity contribution in [2.24, 2.45) is 5.92 Å². The molecule has 15 heavy (non-hydrogen) atoms. The lowest BCUT2D eigenvalue weighted by atomic mass is 10.1. The van der Waals surface area contributed by atoms with Crippen molar-refractivity contribution >= 4 is 11.6 Å². The number of rotatable bonds is 5. The van der Waals surface area contributed by atoms with Crippen molar-refractivity contribution in [2.45, 2.75) is 20.4 Å². The van der Waals surface area contributed by atoms with Crippen LogP contribution in [0.25, 0.3) is 0 Å². The number of alkyl halides is 1. The highest BCUT2D eigenvalue weighted by atomic mass is 35.5. The highest BCUT2D eigenvalue weighted by molar-refractivity contribution is 6.18. The SMILES string of the molecule is Cc1ccc(F)cc1CNCC(C)CCl. The van der Waals surface area contributed by atoms with Crippen molar-refractivity contribution in [1.82, 2.24) is 5.32 Å². The molecule has 1 aromatic rings. The smallest absolute Gasteiger partial charge is 0.123 e. The molecule has 1 N–H and O–H groups in total. The molecule has 0 spiro atoms. The fourth-order valence-electron chi connectivity index (χ4n) is 1.34. The second kappa shape index (κ2) is 6.09. The largest absolute Gasteiger partial charge is 0.312 e. The van der Waals surface area contributed by atoms with Crippen LogP contribution in [0.3, 0.4) is 0 Å². The van der Waals surface area contributed by atoms with E-state index in [2.05, 4.69) is 12.2 Å². The van der Waals surface area contributed by atoms with Crippen LogP contribution in [0.2, 0.25) is 0 Å². The summed E-state index contributed by atoms with van der Waals surface area (Å²) in [6.07, 6.45) is 0. The molecule has 0 amide bonds. The molecule has 0 saturated carbocycles. The number of aryl methyl sites for hydroxylation is 1. The van der Waals surface area contributed by atoms with Crippen LogP contribution in [0.5, 0.6) is 0 Å². The maximum absolute atomic E-state index is 13.0. The Morgan fingerprint density at radius 1 is 1.47 bits per heavy atom. The van der Waals surface area contributed by atoms with Gasteiger partial charge in [-0.3, -0.25) is 0 Å². The summed E-state index contributed by atoms with van der Waals surface area (Å²) < 4.78 is 13.0. The molecule has 3 heteroatoms. The van der Waals surface area contributed by atoms with Crippen molar-refractivity contribution < 1.29 is 4.39 Å². The van der Waals surface area contributed by atoms with Gasteiger partial charge < -0.3 is 5.32 Å². The van der Waals surface area contributed by atoms with Gasteiger partial charge in [-0.1, -0.05) is 13.0 Å². The van der Waals surface area contributed by atoms with Crippen molar-refractivity contribution in [3.05, 3.63) is 35.1 Å². The Kier molecular flexibility index (Phi) is 5.06. The number of hydrogen-bond donors (Lipinski definition) is 1. The zero-order chi connectivity index (χ0) is 11.3. The van der Waals surface area contributed by atoms with Crippen molar-refractivity contribution in [2.75, 3.05) is 12.4 Å². The first-order chi connectivity index (χ1) is 7.13.